The van der Waals surface area contributed by atoms with Gasteiger partial charge >= 0.3 is 0 Å². The van der Waals surface area contributed by atoms with Crippen LogP contribution in [-0.2, 0) is 9.59 Å². The van der Waals surface area contributed by atoms with Crippen LogP contribution >= 0.6 is 0 Å². The lowest BCUT2D eigenvalue weighted by atomic mass is 10.1. The molecule has 0 radical (unpaired) electrons. The Kier molecular flexibility index (Phi) is 10.6. The highest BCUT2D eigenvalue weighted by atomic mass is 16.2. The lowest BCUT2D eigenvalue weighted by molar-refractivity contribution is -0.117. The van der Waals surface area contributed by atoms with Crippen LogP contribution in [0.15, 0.2) is 48.5 Å². The number of carbonyl (C=O) groups is 4. The van der Waals surface area contributed by atoms with Crippen molar-refractivity contribution in [3.63, 3.8) is 0 Å². The summed E-state index contributed by atoms with van der Waals surface area (Å²) in [5, 5.41) is 5.36. The Morgan fingerprint density at radius 1 is 0.594 bits per heavy atom. The Labute approximate surface area is 189 Å². The maximum Gasteiger partial charge on any atom is 0.256 e. The van der Waals surface area contributed by atoms with Crippen molar-refractivity contribution in [1.29, 1.82) is 0 Å². The average Bonchev–Trinajstić information content (AvgIpc) is 2.99. The maximum atomic E-state index is 11.7. The Balaban J connectivity index is 0.000000277. The second-order valence-corrected chi connectivity index (χ2v) is 6.51. The number of benzene rings is 2. The molecular weight excluding hydrogens is 408 g/mol. The van der Waals surface area contributed by atoms with Gasteiger partial charge in [-0.25, -0.2) is 0 Å². The maximum absolute atomic E-state index is 11.7. The minimum atomic E-state index is -0.161. The van der Waals surface area contributed by atoms with Crippen molar-refractivity contribution in [3.05, 3.63) is 59.7 Å². The molecule has 0 fully saturated rings. The van der Waals surface area contributed by atoms with Gasteiger partial charge in [-0.05, 0) is 24.3 Å². The minimum absolute atomic E-state index is 0.105. The van der Waals surface area contributed by atoms with Crippen LogP contribution in [0.3, 0.4) is 0 Å². The smallest absolute Gasteiger partial charge is 0.256 e. The summed E-state index contributed by atoms with van der Waals surface area (Å²) in [4.78, 5) is 48.8. The molecule has 172 valence electrons. The van der Waals surface area contributed by atoms with Crippen LogP contribution < -0.4 is 10.6 Å². The molecule has 0 unspecified atom stereocenters. The molecule has 4 amide bonds. The van der Waals surface area contributed by atoms with Crippen LogP contribution in [0.4, 0.5) is 11.4 Å². The van der Waals surface area contributed by atoms with Crippen molar-refractivity contribution in [2.24, 2.45) is 0 Å². The first-order chi connectivity index (χ1) is 15.4. The summed E-state index contributed by atoms with van der Waals surface area (Å²) < 4.78 is 0. The second-order valence-electron chi connectivity index (χ2n) is 6.51. The van der Waals surface area contributed by atoms with Gasteiger partial charge in [-0.1, -0.05) is 52.0 Å². The van der Waals surface area contributed by atoms with E-state index in [4.69, 9.17) is 0 Å². The molecule has 2 aromatic carbocycles. The van der Waals surface area contributed by atoms with E-state index in [0.29, 0.717) is 22.5 Å². The predicted molar refractivity (Wildman–Crippen MR) is 127 cm³/mol. The SMILES string of the molecule is CC.CC.CN1CC(=O)Nc2ccccc2C1=O.CN1CC(=O)Nc2ccccc2C1=O. The average molecular weight is 441 g/mol. The minimum Gasteiger partial charge on any atom is -0.332 e. The molecule has 0 spiro atoms. The first-order valence-electron chi connectivity index (χ1n) is 10.7. The zero-order valence-electron chi connectivity index (χ0n) is 19.6. The Morgan fingerprint density at radius 2 is 0.906 bits per heavy atom. The van der Waals surface area contributed by atoms with Crippen LogP contribution in [-0.4, -0.2) is 60.6 Å². The molecule has 2 heterocycles. The highest BCUT2D eigenvalue weighted by Gasteiger charge is 2.23. The van der Waals surface area contributed by atoms with Gasteiger partial charge in [0.15, 0.2) is 0 Å². The zero-order valence-corrected chi connectivity index (χ0v) is 19.6. The number of anilines is 2. The fraction of sp³-hybridized carbons (Fsp3) is 0.333. The van der Waals surface area contributed by atoms with Crippen LogP contribution in [0.1, 0.15) is 48.4 Å². The van der Waals surface area contributed by atoms with E-state index >= 15 is 0 Å². The van der Waals surface area contributed by atoms with E-state index in [2.05, 4.69) is 10.6 Å². The third-order valence-corrected chi connectivity index (χ3v) is 4.32. The molecule has 2 aliphatic heterocycles. The largest absolute Gasteiger partial charge is 0.332 e. The normalized spacial score (nSPS) is 14.3. The molecule has 0 saturated carbocycles. The molecule has 0 aliphatic carbocycles. The van der Waals surface area contributed by atoms with Crippen molar-refractivity contribution in [2.45, 2.75) is 27.7 Å². The molecule has 8 nitrogen and oxygen atoms in total. The van der Waals surface area contributed by atoms with E-state index in [-0.39, 0.29) is 36.7 Å². The summed E-state index contributed by atoms with van der Waals surface area (Å²) in [6.07, 6.45) is 0. The zero-order chi connectivity index (χ0) is 24.3. The van der Waals surface area contributed by atoms with Crippen LogP contribution in [0.5, 0.6) is 0 Å². The quantitative estimate of drug-likeness (QED) is 0.655. The van der Waals surface area contributed by atoms with E-state index < -0.39 is 0 Å². The summed E-state index contributed by atoms with van der Waals surface area (Å²) in [6.45, 7) is 8.21. The molecule has 2 N–H and O–H groups in total. The highest BCUT2D eigenvalue weighted by Crippen LogP contribution is 2.20. The summed E-state index contributed by atoms with van der Waals surface area (Å²) in [5.74, 6) is -0.575. The van der Waals surface area contributed by atoms with Crippen LogP contribution in [0, 0.1) is 0 Å². The number of nitrogens with zero attached hydrogens (tertiary/aromatic N) is 2. The monoisotopic (exact) mass is 440 g/mol. The summed E-state index contributed by atoms with van der Waals surface area (Å²) in [6, 6.07) is 14.0. The van der Waals surface area contributed by atoms with Gasteiger partial charge in [0.1, 0.15) is 0 Å². The second kappa shape index (κ2) is 12.9. The fourth-order valence-corrected chi connectivity index (χ4v) is 2.92. The fourth-order valence-electron chi connectivity index (χ4n) is 2.92. The van der Waals surface area contributed by atoms with Gasteiger partial charge in [0.25, 0.3) is 11.8 Å². The summed E-state index contributed by atoms with van der Waals surface area (Å²) in [5.41, 5.74) is 2.26. The lowest BCUT2D eigenvalue weighted by Crippen LogP contribution is -2.31. The molecule has 0 atom stereocenters. The van der Waals surface area contributed by atoms with Gasteiger partial charge in [-0.3, -0.25) is 19.2 Å². The predicted octanol–water partition coefficient (Wildman–Crippen LogP) is 3.47. The van der Waals surface area contributed by atoms with E-state index in [0.717, 1.165) is 0 Å². The molecule has 32 heavy (non-hydrogen) atoms. The van der Waals surface area contributed by atoms with E-state index in [9.17, 15) is 19.2 Å². The van der Waals surface area contributed by atoms with Crippen molar-refractivity contribution >= 4 is 35.0 Å². The first-order valence-corrected chi connectivity index (χ1v) is 10.7. The molecule has 0 saturated heterocycles. The number of nitrogens with one attached hydrogen (secondary N) is 2. The number of rotatable bonds is 0. The van der Waals surface area contributed by atoms with Crippen LogP contribution in [0.2, 0.25) is 0 Å². The Bertz CT molecular complexity index is 881. The van der Waals surface area contributed by atoms with Gasteiger partial charge < -0.3 is 20.4 Å². The van der Waals surface area contributed by atoms with Gasteiger partial charge in [-0.2, -0.15) is 0 Å². The van der Waals surface area contributed by atoms with Crippen molar-refractivity contribution in [3.8, 4) is 0 Å². The summed E-state index contributed by atoms with van der Waals surface area (Å²) >= 11 is 0. The van der Waals surface area contributed by atoms with Gasteiger partial charge in [0.05, 0.1) is 35.6 Å². The number of para-hydroxylation sites is 2. The van der Waals surface area contributed by atoms with Crippen molar-refractivity contribution in [2.75, 3.05) is 37.8 Å². The van der Waals surface area contributed by atoms with E-state index in [1.54, 1.807) is 62.6 Å². The topological polar surface area (TPSA) is 98.8 Å². The third-order valence-electron chi connectivity index (χ3n) is 4.32. The van der Waals surface area contributed by atoms with Crippen molar-refractivity contribution < 1.29 is 19.2 Å². The van der Waals surface area contributed by atoms with E-state index in [1.807, 2.05) is 27.7 Å². The highest BCUT2D eigenvalue weighted by molar-refractivity contribution is 6.09. The molecule has 8 heteroatoms. The number of likely N-dealkylation sites (N-methyl/N-ethyl adjacent to an activating group) is 2. The van der Waals surface area contributed by atoms with Crippen molar-refractivity contribution in [1.82, 2.24) is 9.80 Å². The number of amides is 4. The standard InChI is InChI=1S/2C10H10N2O2.2C2H6/c2*1-12-6-9(13)11-8-5-3-2-4-7(8)10(12)14;2*1-2/h2*2-5H,6H2,1H3,(H,11,13);2*1-2H3. The lowest BCUT2D eigenvalue weighted by Gasteiger charge is -2.11. The molecule has 2 aliphatic rings. The molecule has 4 rings (SSSR count). The van der Waals surface area contributed by atoms with E-state index in [1.165, 1.54) is 9.80 Å². The van der Waals surface area contributed by atoms with Gasteiger partial charge in [0, 0.05) is 14.1 Å². The first kappa shape index (κ1) is 26.4. The number of fused-ring (bicyclic) bond motifs is 2. The third kappa shape index (κ3) is 6.66. The molecule has 2 aromatic rings. The Hall–Kier alpha value is -3.68. The number of hydrogen-bond acceptors (Lipinski definition) is 4. The van der Waals surface area contributed by atoms with Crippen LogP contribution in [0.25, 0.3) is 0 Å². The van der Waals surface area contributed by atoms with Gasteiger partial charge in [0.2, 0.25) is 11.8 Å². The summed E-state index contributed by atoms with van der Waals surface area (Å²) in [7, 11) is 3.23. The molecule has 0 aromatic heterocycles. The molecular formula is C24H32N4O4. The number of carbonyl (C=O) groups excluding carboxylic acids is 4. The number of hydrogen-bond donors (Lipinski definition) is 2. The van der Waals surface area contributed by atoms with Gasteiger partial charge in [-0.15, -0.1) is 0 Å². The Morgan fingerprint density at radius 3 is 1.25 bits per heavy atom. The molecule has 0 bridgehead atoms.